The predicted octanol–water partition coefficient (Wildman–Crippen LogP) is 4.20. The summed E-state index contributed by atoms with van der Waals surface area (Å²) in [7, 11) is -3.99. The molecule has 1 saturated heterocycles. The highest BCUT2D eigenvalue weighted by molar-refractivity contribution is 7.93. The standard InChI is InChI=1S/C26H35NO5S/c1-4-31-25(28)26(3,33(29,30)24-14-8-21(2)9-15-24)20-22-10-12-23(13-11-22)32-19-18-27-16-6-5-7-17-27/h8-15H,4-7,16-20H2,1-3H3. The van der Waals surface area contributed by atoms with Gasteiger partial charge in [0.25, 0.3) is 0 Å². The third-order valence-corrected chi connectivity index (χ3v) is 8.61. The molecule has 1 atom stereocenters. The van der Waals surface area contributed by atoms with Gasteiger partial charge in [-0.2, -0.15) is 0 Å². The zero-order valence-electron chi connectivity index (χ0n) is 19.9. The number of carbonyl (C=O) groups excluding carboxylic acids is 1. The maximum atomic E-state index is 13.5. The molecule has 0 aromatic heterocycles. The summed E-state index contributed by atoms with van der Waals surface area (Å²) in [5.41, 5.74) is 1.67. The quantitative estimate of drug-likeness (QED) is 0.482. The first-order chi connectivity index (χ1) is 15.8. The number of ether oxygens (including phenoxy) is 2. The first-order valence-corrected chi connectivity index (χ1v) is 13.2. The van der Waals surface area contributed by atoms with Gasteiger partial charge >= 0.3 is 5.97 Å². The molecule has 1 unspecified atom stereocenters. The van der Waals surface area contributed by atoms with E-state index in [-0.39, 0.29) is 17.9 Å². The molecule has 0 bridgehead atoms. The number of sulfone groups is 1. The van der Waals surface area contributed by atoms with Crippen LogP contribution >= 0.6 is 0 Å². The van der Waals surface area contributed by atoms with Crippen LogP contribution in [-0.4, -0.2) is 56.9 Å². The molecular formula is C26H35NO5S. The first-order valence-electron chi connectivity index (χ1n) is 11.7. The van der Waals surface area contributed by atoms with Crippen LogP contribution in [0, 0.1) is 6.92 Å². The van der Waals surface area contributed by atoms with Gasteiger partial charge in [-0.15, -0.1) is 0 Å². The Kier molecular flexibility index (Phi) is 8.54. The monoisotopic (exact) mass is 473 g/mol. The molecule has 1 heterocycles. The van der Waals surface area contributed by atoms with E-state index < -0.39 is 20.6 Å². The van der Waals surface area contributed by atoms with Gasteiger partial charge in [0.2, 0.25) is 0 Å². The molecule has 2 aromatic carbocycles. The van der Waals surface area contributed by atoms with E-state index in [0.29, 0.717) is 6.61 Å². The summed E-state index contributed by atoms with van der Waals surface area (Å²) >= 11 is 0. The summed E-state index contributed by atoms with van der Waals surface area (Å²) in [6.07, 6.45) is 3.82. The van der Waals surface area contributed by atoms with Crippen LogP contribution in [-0.2, 0) is 25.8 Å². The number of esters is 1. The summed E-state index contributed by atoms with van der Waals surface area (Å²) in [5.74, 6) is -0.0116. The van der Waals surface area contributed by atoms with E-state index in [0.717, 1.165) is 36.5 Å². The molecule has 0 aliphatic carbocycles. The van der Waals surface area contributed by atoms with E-state index in [1.807, 2.05) is 31.2 Å². The van der Waals surface area contributed by atoms with Crippen molar-refractivity contribution < 1.29 is 22.7 Å². The lowest BCUT2D eigenvalue weighted by molar-refractivity contribution is -0.145. The topological polar surface area (TPSA) is 72.9 Å². The zero-order valence-corrected chi connectivity index (χ0v) is 20.7. The fourth-order valence-corrected chi connectivity index (χ4v) is 5.76. The Bertz CT molecular complexity index is 1010. The Labute approximate surface area is 197 Å². The van der Waals surface area contributed by atoms with Crippen LogP contribution in [0.15, 0.2) is 53.4 Å². The van der Waals surface area contributed by atoms with Gasteiger partial charge in [-0.3, -0.25) is 9.69 Å². The lowest BCUT2D eigenvalue weighted by Crippen LogP contribution is -2.46. The molecule has 3 rings (SSSR count). The van der Waals surface area contributed by atoms with Crippen molar-refractivity contribution in [3.05, 3.63) is 59.7 Å². The summed E-state index contributed by atoms with van der Waals surface area (Å²) in [4.78, 5) is 15.4. The Hall–Kier alpha value is -2.38. The highest BCUT2D eigenvalue weighted by Crippen LogP contribution is 2.31. The van der Waals surface area contributed by atoms with E-state index in [4.69, 9.17) is 9.47 Å². The van der Waals surface area contributed by atoms with Crippen LogP contribution in [0.4, 0.5) is 0 Å². The van der Waals surface area contributed by atoms with Crippen LogP contribution in [0.25, 0.3) is 0 Å². The fourth-order valence-electron chi connectivity index (χ4n) is 4.11. The van der Waals surface area contributed by atoms with E-state index in [9.17, 15) is 13.2 Å². The Morgan fingerprint density at radius 1 is 1.00 bits per heavy atom. The number of benzene rings is 2. The minimum atomic E-state index is -3.99. The number of nitrogens with zero attached hydrogens (tertiary/aromatic N) is 1. The molecule has 1 fully saturated rings. The van der Waals surface area contributed by atoms with Crippen LogP contribution < -0.4 is 4.74 Å². The smallest absolute Gasteiger partial charge is 0.327 e. The van der Waals surface area contributed by atoms with E-state index in [1.54, 1.807) is 31.2 Å². The van der Waals surface area contributed by atoms with Gasteiger partial charge in [-0.05, 0) is 76.5 Å². The summed E-state index contributed by atoms with van der Waals surface area (Å²) in [6.45, 7) is 8.89. The summed E-state index contributed by atoms with van der Waals surface area (Å²) in [5, 5.41) is 0. The van der Waals surface area contributed by atoms with Crippen molar-refractivity contribution in [3.8, 4) is 5.75 Å². The van der Waals surface area contributed by atoms with E-state index in [1.165, 1.54) is 26.2 Å². The van der Waals surface area contributed by atoms with Crippen molar-refractivity contribution in [1.82, 2.24) is 4.90 Å². The number of hydrogen-bond acceptors (Lipinski definition) is 6. The van der Waals surface area contributed by atoms with Crippen LogP contribution in [0.2, 0.25) is 0 Å². The molecule has 180 valence electrons. The average Bonchev–Trinajstić information content (AvgIpc) is 2.81. The number of rotatable bonds is 10. The third kappa shape index (κ3) is 6.15. The molecule has 0 radical (unpaired) electrons. The first kappa shape index (κ1) is 25.2. The van der Waals surface area contributed by atoms with Crippen molar-refractivity contribution in [1.29, 1.82) is 0 Å². The van der Waals surface area contributed by atoms with Crippen molar-refractivity contribution in [2.45, 2.75) is 56.1 Å². The highest BCUT2D eigenvalue weighted by Gasteiger charge is 2.48. The molecule has 1 aliphatic rings. The molecule has 6 nitrogen and oxygen atoms in total. The summed E-state index contributed by atoms with van der Waals surface area (Å²) < 4.78 is 36.4. The average molecular weight is 474 g/mol. The molecule has 2 aromatic rings. The van der Waals surface area contributed by atoms with Crippen LogP contribution in [0.5, 0.6) is 5.75 Å². The number of piperidine rings is 1. The maximum Gasteiger partial charge on any atom is 0.327 e. The number of carbonyl (C=O) groups is 1. The summed E-state index contributed by atoms with van der Waals surface area (Å²) in [6, 6.07) is 13.8. The maximum absolute atomic E-state index is 13.5. The van der Waals surface area contributed by atoms with Crippen LogP contribution in [0.3, 0.4) is 0 Å². The molecule has 1 aliphatic heterocycles. The molecule has 33 heavy (non-hydrogen) atoms. The van der Waals surface area contributed by atoms with Crippen molar-refractivity contribution in [3.63, 3.8) is 0 Å². The van der Waals surface area contributed by atoms with Crippen molar-refractivity contribution in [2.24, 2.45) is 0 Å². The Balaban J connectivity index is 1.73. The van der Waals surface area contributed by atoms with Crippen LogP contribution in [0.1, 0.15) is 44.2 Å². The molecule has 7 heteroatoms. The largest absolute Gasteiger partial charge is 0.492 e. The number of aryl methyl sites for hydroxylation is 1. The van der Waals surface area contributed by atoms with Gasteiger partial charge in [0.05, 0.1) is 11.5 Å². The Morgan fingerprint density at radius 2 is 1.64 bits per heavy atom. The third-order valence-electron chi connectivity index (χ3n) is 6.22. The predicted molar refractivity (Wildman–Crippen MR) is 129 cm³/mol. The SMILES string of the molecule is CCOC(=O)C(C)(Cc1ccc(OCCN2CCCCC2)cc1)S(=O)(=O)c1ccc(C)cc1. The van der Waals surface area contributed by atoms with E-state index in [2.05, 4.69) is 4.90 Å². The van der Waals surface area contributed by atoms with Gasteiger partial charge in [0, 0.05) is 13.0 Å². The molecular weight excluding hydrogens is 438 g/mol. The lowest BCUT2D eigenvalue weighted by Gasteiger charge is -2.27. The molecule has 0 spiro atoms. The van der Waals surface area contributed by atoms with Gasteiger partial charge in [-0.25, -0.2) is 8.42 Å². The van der Waals surface area contributed by atoms with Gasteiger partial charge in [-0.1, -0.05) is 36.2 Å². The molecule has 0 N–H and O–H groups in total. The van der Waals surface area contributed by atoms with Crippen molar-refractivity contribution >= 4 is 15.8 Å². The second-order valence-corrected chi connectivity index (χ2v) is 11.2. The Morgan fingerprint density at radius 3 is 2.24 bits per heavy atom. The van der Waals surface area contributed by atoms with Gasteiger partial charge in [0.15, 0.2) is 14.6 Å². The second kappa shape index (κ2) is 11.2. The zero-order chi connectivity index (χ0) is 23.9. The minimum Gasteiger partial charge on any atom is -0.492 e. The second-order valence-electron chi connectivity index (χ2n) is 8.84. The minimum absolute atomic E-state index is 0.0100. The number of likely N-dealkylation sites (tertiary alicyclic amines) is 1. The van der Waals surface area contributed by atoms with Gasteiger partial charge in [0.1, 0.15) is 12.4 Å². The van der Waals surface area contributed by atoms with Gasteiger partial charge < -0.3 is 9.47 Å². The normalized spacial score (nSPS) is 16.7. The molecule has 0 amide bonds. The highest BCUT2D eigenvalue weighted by atomic mass is 32.2. The van der Waals surface area contributed by atoms with Crippen molar-refractivity contribution in [2.75, 3.05) is 32.8 Å². The fraction of sp³-hybridized carbons (Fsp3) is 0.500. The number of hydrogen-bond donors (Lipinski definition) is 0. The van der Waals surface area contributed by atoms with E-state index >= 15 is 0 Å². The molecule has 0 saturated carbocycles. The lowest BCUT2D eigenvalue weighted by atomic mass is 10.00.